The maximum absolute atomic E-state index is 12.7. The van der Waals surface area contributed by atoms with E-state index in [1.54, 1.807) is 16.8 Å². The molecule has 2 aromatic carbocycles. The summed E-state index contributed by atoms with van der Waals surface area (Å²) in [5, 5.41) is 18.0. The van der Waals surface area contributed by atoms with Gasteiger partial charge in [0.1, 0.15) is 5.82 Å². The Hall–Kier alpha value is -4.01. The fourth-order valence-corrected chi connectivity index (χ4v) is 4.41. The van der Waals surface area contributed by atoms with Gasteiger partial charge in [-0.25, -0.2) is 4.98 Å². The average Bonchev–Trinajstić information content (AvgIpc) is 3.30. The molecular weight excluding hydrogens is 410 g/mol. The van der Waals surface area contributed by atoms with Gasteiger partial charge in [0.15, 0.2) is 11.5 Å². The van der Waals surface area contributed by atoms with Crippen LogP contribution in [0.5, 0.6) is 17.2 Å². The van der Waals surface area contributed by atoms with Crippen molar-refractivity contribution in [3.63, 3.8) is 0 Å². The van der Waals surface area contributed by atoms with Crippen LogP contribution in [0.1, 0.15) is 29.2 Å². The lowest BCUT2D eigenvalue weighted by Crippen LogP contribution is -2.25. The molecule has 32 heavy (non-hydrogen) atoms. The lowest BCUT2D eigenvalue weighted by Gasteiger charge is -2.25. The van der Waals surface area contributed by atoms with Crippen LogP contribution in [0.25, 0.3) is 17.0 Å². The summed E-state index contributed by atoms with van der Waals surface area (Å²) in [4.78, 5) is 17.5. The van der Waals surface area contributed by atoms with Gasteiger partial charge in [-0.15, -0.1) is 0 Å². The van der Waals surface area contributed by atoms with Gasteiger partial charge >= 0.3 is 0 Å². The fraction of sp³-hybridized carbons (Fsp3) is 0.261. The molecule has 4 aromatic rings. The van der Waals surface area contributed by atoms with Crippen molar-refractivity contribution in [1.82, 2.24) is 19.3 Å². The van der Waals surface area contributed by atoms with Crippen molar-refractivity contribution in [2.75, 3.05) is 19.5 Å². The predicted octanol–water partition coefficient (Wildman–Crippen LogP) is 3.26. The minimum atomic E-state index is -0.286. The molecule has 1 aliphatic rings. The minimum absolute atomic E-state index is 0.0775. The van der Waals surface area contributed by atoms with E-state index in [1.165, 1.54) is 14.2 Å². The van der Waals surface area contributed by atoms with E-state index >= 15 is 0 Å². The normalized spacial score (nSPS) is 15.5. The second-order valence-corrected chi connectivity index (χ2v) is 7.80. The summed E-state index contributed by atoms with van der Waals surface area (Å²) < 4.78 is 14.3. The number of aryl methyl sites for hydroxylation is 2. The first-order valence-electron chi connectivity index (χ1n) is 10.2. The zero-order chi connectivity index (χ0) is 22.6. The summed E-state index contributed by atoms with van der Waals surface area (Å²) in [6.45, 7) is 1.91. The number of methoxy groups -OCH3 is 2. The highest BCUT2D eigenvalue weighted by Crippen LogP contribution is 2.45. The number of nitrogens with one attached hydrogen (secondary N) is 1. The molecule has 1 atom stereocenters. The van der Waals surface area contributed by atoms with Gasteiger partial charge < -0.3 is 24.5 Å². The number of phenols is 1. The van der Waals surface area contributed by atoms with Crippen LogP contribution in [0.15, 0.2) is 36.4 Å². The number of rotatable bonds is 4. The van der Waals surface area contributed by atoms with Crippen molar-refractivity contribution < 1.29 is 19.4 Å². The standard InChI is InChI=1S/C23H23N5O4/c1-12-20-14(13-9-17(31-3)21(30)18(10-13)32-4)11-19(29)25-22(20)28(26-12)23-24-15-7-5-6-8-16(15)27(23)2/h5-10,14,30H,11H2,1-4H3,(H,25,29). The highest BCUT2D eigenvalue weighted by molar-refractivity contribution is 5.95. The highest BCUT2D eigenvalue weighted by Gasteiger charge is 2.34. The molecule has 2 aromatic heterocycles. The number of benzene rings is 2. The zero-order valence-corrected chi connectivity index (χ0v) is 18.2. The second-order valence-electron chi connectivity index (χ2n) is 7.80. The topological polar surface area (TPSA) is 103 Å². The number of phenolic OH excluding ortho intramolecular Hbond substituents is 1. The number of para-hydroxylation sites is 2. The molecule has 1 amide bonds. The van der Waals surface area contributed by atoms with Crippen molar-refractivity contribution in [3.8, 4) is 23.2 Å². The van der Waals surface area contributed by atoms with Gasteiger partial charge in [-0.3, -0.25) is 4.79 Å². The summed E-state index contributed by atoms with van der Waals surface area (Å²) in [5.74, 6) is 1.27. The molecule has 0 saturated heterocycles. The summed E-state index contributed by atoms with van der Waals surface area (Å²) >= 11 is 0. The van der Waals surface area contributed by atoms with E-state index in [0.717, 1.165) is 27.9 Å². The molecule has 0 aliphatic carbocycles. The molecule has 1 unspecified atom stereocenters. The van der Waals surface area contributed by atoms with Crippen molar-refractivity contribution in [2.24, 2.45) is 7.05 Å². The maximum Gasteiger partial charge on any atom is 0.233 e. The molecule has 0 bridgehead atoms. The molecule has 0 saturated carbocycles. The first kappa shape index (κ1) is 19.9. The molecule has 1 aliphatic heterocycles. The molecule has 0 radical (unpaired) electrons. The number of hydrogen-bond donors (Lipinski definition) is 2. The second kappa shape index (κ2) is 7.30. The molecule has 3 heterocycles. The largest absolute Gasteiger partial charge is 0.502 e. The van der Waals surface area contributed by atoms with Gasteiger partial charge in [0.2, 0.25) is 17.6 Å². The minimum Gasteiger partial charge on any atom is -0.502 e. The average molecular weight is 433 g/mol. The number of hydrogen-bond acceptors (Lipinski definition) is 6. The van der Waals surface area contributed by atoms with Crippen LogP contribution in [0.3, 0.4) is 0 Å². The number of aromatic nitrogens is 4. The Labute approximate surface area is 184 Å². The van der Waals surface area contributed by atoms with Crippen LogP contribution >= 0.6 is 0 Å². The molecule has 0 spiro atoms. The van der Waals surface area contributed by atoms with E-state index < -0.39 is 0 Å². The number of nitrogens with zero attached hydrogens (tertiary/aromatic N) is 4. The lowest BCUT2D eigenvalue weighted by molar-refractivity contribution is -0.116. The SMILES string of the molecule is COc1cc(C2CC(=O)Nc3c2c(C)nn3-c2nc3ccccc3n2C)cc(OC)c1O. The van der Waals surface area contributed by atoms with Crippen molar-refractivity contribution in [2.45, 2.75) is 19.3 Å². The van der Waals surface area contributed by atoms with Crippen molar-refractivity contribution in [3.05, 3.63) is 53.2 Å². The Morgan fingerprint density at radius 2 is 1.84 bits per heavy atom. The van der Waals surface area contributed by atoms with Crippen LogP contribution in [0.2, 0.25) is 0 Å². The Bertz CT molecular complexity index is 1350. The number of ether oxygens (including phenoxy) is 2. The first-order valence-corrected chi connectivity index (χ1v) is 10.2. The van der Waals surface area contributed by atoms with Gasteiger partial charge in [0.25, 0.3) is 0 Å². The van der Waals surface area contributed by atoms with E-state index in [0.29, 0.717) is 11.8 Å². The van der Waals surface area contributed by atoms with Gasteiger partial charge in [-0.05, 0) is 36.8 Å². The molecule has 9 heteroatoms. The predicted molar refractivity (Wildman–Crippen MR) is 119 cm³/mol. The monoisotopic (exact) mass is 433 g/mol. The van der Waals surface area contributed by atoms with Crippen LogP contribution in [0.4, 0.5) is 5.82 Å². The first-order chi connectivity index (χ1) is 15.4. The summed E-state index contributed by atoms with van der Waals surface area (Å²) in [6, 6.07) is 11.3. The maximum atomic E-state index is 12.7. The lowest BCUT2D eigenvalue weighted by atomic mass is 9.85. The van der Waals surface area contributed by atoms with Crippen LogP contribution in [-0.4, -0.2) is 44.6 Å². The smallest absolute Gasteiger partial charge is 0.233 e. The third-order valence-corrected chi connectivity index (χ3v) is 5.96. The number of imidazole rings is 1. The van der Waals surface area contributed by atoms with E-state index in [2.05, 4.69) is 5.32 Å². The van der Waals surface area contributed by atoms with Crippen LogP contribution in [-0.2, 0) is 11.8 Å². The molecular formula is C23H23N5O4. The number of anilines is 1. The fourth-order valence-electron chi connectivity index (χ4n) is 4.41. The third-order valence-electron chi connectivity index (χ3n) is 5.96. The molecule has 2 N–H and O–H groups in total. The van der Waals surface area contributed by atoms with Gasteiger partial charge in [0.05, 0.1) is 30.9 Å². The number of aromatic hydroxyl groups is 1. The van der Waals surface area contributed by atoms with Gasteiger partial charge in [0, 0.05) is 24.9 Å². The van der Waals surface area contributed by atoms with E-state index in [-0.39, 0.29) is 35.5 Å². The highest BCUT2D eigenvalue weighted by atomic mass is 16.5. The number of amides is 1. The molecule has 9 nitrogen and oxygen atoms in total. The van der Waals surface area contributed by atoms with Crippen LogP contribution < -0.4 is 14.8 Å². The summed E-state index contributed by atoms with van der Waals surface area (Å²) in [7, 11) is 4.88. The van der Waals surface area contributed by atoms with E-state index in [4.69, 9.17) is 19.6 Å². The quantitative estimate of drug-likeness (QED) is 0.512. The van der Waals surface area contributed by atoms with Crippen LogP contribution in [0, 0.1) is 6.92 Å². The van der Waals surface area contributed by atoms with Gasteiger partial charge in [-0.2, -0.15) is 9.78 Å². The Morgan fingerprint density at radius 3 is 2.50 bits per heavy atom. The van der Waals surface area contributed by atoms with Crippen molar-refractivity contribution in [1.29, 1.82) is 0 Å². The molecule has 164 valence electrons. The Morgan fingerprint density at radius 1 is 1.16 bits per heavy atom. The van der Waals surface area contributed by atoms with Crippen molar-refractivity contribution >= 4 is 22.8 Å². The Balaban J connectivity index is 1.70. The van der Waals surface area contributed by atoms with E-state index in [1.807, 2.05) is 42.8 Å². The Kier molecular flexibility index (Phi) is 4.54. The van der Waals surface area contributed by atoms with E-state index in [9.17, 15) is 9.90 Å². The number of fused-ring (bicyclic) bond motifs is 2. The molecule has 5 rings (SSSR count). The molecule has 0 fully saturated rings. The third kappa shape index (κ3) is 2.89. The summed E-state index contributed by atoms with van der Waals surface area (Å²) in [6.07, 6.45) is 0.235. The van der Waals surface area contributed by atoms with Gasteiger partial charge in [-0.1, -0.05) is 12.1 Å². The summed E-state index contributed by atoms with van der Waals surface area (Å²) in [5.41, 5.74) is 4.28. The number of carbonyl (C=O) groups excluding carboxylic acids is 1. The number of carbonyl (C=O) groups is 1. The zero-order valence-electron chi connectivity index (χ0n) is 18.2.